The van der Waals surface area contributed by atoms with E-state index in [4.69, 9.17) is 5.11 Å². The number of carbonyl (C=O) groups is 1. The molecular weight excluding hydrogens is 246 g/mol. The summed E-state index contributed by atoms with van der Waals surface area (Å²) >= 11 is 0. The molecule has 1 N–H and O–H groups in total. The fraction of sp³-hybridized carbons (Fsp3) is 0.333. The Labute approximate surface area is 110 Å². The van der Waals surface area contributed by atoms with Gasteiger partial charge in [0.25, 0.3) is 0 Å². The first-order chi connectivity index (χ1) is 8.90. The van der Waals surface area contributed by atoms with Crippen molar-refractivity contribution in [1.29, 1.82) is 0 Å². The van der Waals surface area contributed by atoms with Crippen LogP contribution in [0.3, 0.4) is 0 Å². The number of hydrogen-bond acceptors (Lipinski definition) is 4. The summed E-state index contributed by atoms with van der Waals surface area (Å²) in [6.45, 7) is 5.47. The van der Waals surface area contributed by atoms with Crippen molar-refractivity contribution in [2.24, 2.45) is 7.05 Å². The summed E-state index contributed by atoms with van der Waals surface area (Å²) in [7, 11) is 1.79. The number of aromatic nitrogens is 5. The molecule has 0 saturated heterocycles. The van der Waals surface area contributed by atoms with Crippen LogP contribution in [0, 0.1) is 20.8 Å². The molecule has 2 aromatic rings. The van der Waals surface area contributed by atoms with Gasteiger partial charge in [0.2, 0.25) is 0 Å². The van der Waals surface area contributed by atoms with Gasteiger partial charge in [-0.3, -0.25) is 4.68 Å². The zero-order chi connectivity index (χ0) is 14.2. The van der Waals surface area contributed by atoms with Crippen LogP contribution in [0.2, 0.25) is 0 Å². The zero-order valence-electron chi connectivity index (χ0n) is 11.2. The minimum Gasteiger partial charge on any atom is -0.478 e. The van der Waals surface area contributed by atoms with Gasteiger partial charge in [0, 0.05) is 18.7 Å². The molecule has 2 rings (SSSR count). The van der Waals surface area contributed by atoms with Crippen LogP contribution in [0.4, 0.5) is 0 Å². The quantitative estimate of drug-likeness (QED) is 0.834. The molecule has 0 aromatic carbocycles. The van der Waals surface area contributed by atoms with Gasteiger partial charge >= 0.3 is 5.97 Å². The van der Waals surface area contributed by atoms with E-state index >= 15 is 0 Å². The van der Waals surface area contributed by atoms with Crippen LogP contribution in [-0.2, 0) is 11.8 Å². The van der Waals surface area contributed by atoms with E-state index in [2.05, 4.69) is 15.2 Å². The smallest absolute Gasteiger partial charge is 0.328 e. The molecule has 0 aliphatic carbocycles. The van der Waals surface area contributed by atoms with E-state index in [1.165, 1.54) is 6.08 Å². The third-order valence-corrected chi connectivity index (χ3v) is 2.71. The van der Waals surface area contributed by atoms with Crippen LogP contribution < -0.4 is 0 Å². The third-order valence-electron chi connectivity index (χ3n) is 2.71. The minimum atomic E-state index is -0.999. The number of aryl methyl sites for hydroxylation is 4. The van der Waals surface area contributed by atoms with Gasteiger partial charge in [0.15, 0.2) is 5.82 Å². The minimum absolute atomic E-state index is 0.657. The molecule has 0 fully saturated rings. The van der Waals surface area contributed by atoms with Gasteiger partial charge in [0.1, 0.15) is 11.6 Å². The standard InChI is InChI=1S/C12H15N5O2/c1-7-10(5-6-11(18)19)12(16(4)14-7)17-9(3)13-8(2)15-17/h5-6H,1-4H3,(H,18,19)/b6-5+. The summed E-state index contributed by atoms with van der Waals surface area (Å²) in [5.74, 6) is 1.09. The van der Waals surface area contributed by atoms with Gasteiger partial charge in [-0.2, -0.15) is 9.78 Å². The van der Waals surface area contributed by atoms with Crippen molar-refractivity contribution in [3.8, 4) is 5.82 Å². The molecule has 100 valence electrons. The summed E-state index contributed by atoms with van der Waals surface area (Å²) in [5, 5.41) is 17.3. The van der Waals surface area contributed by atoms with E-state index in [1.54, 1.807) is 23.3 Å². The predicted octanol–water partition coefficient (Wildman–Crippen LogP) is 1.02. The molecule has 0 atom stereocenters. The van der Waals surface area contributed by atoms with Gasteiger partial charge in [0.05, 0.1) is 5.69 Å². The van der Waals surface area contributed by atoms with Crippen LogP contribution in [0.5, 0.6) is 0 Å². The van der Waals surface area contributed by atoms with Crippen LogP contribution in [-0.4, -0.2) is 35.6 Å². The molecule has 0 radical (unpaired) electrons. The Morgan fingerprint density at radius 1 is 1.26 bits per heavy atom. The molecule has 0 bridgehead atoms. The number of aliphatic carboxylic acids is 1. The first kappa shape index (κ1) is 13.0. The van der Waals surface area contributed by atoms with Gasteiger partial charge < -0.3 is 5.11 Å². The molecular formula is C12H15N5O2. The Bertz CT molecular complexity index is 666. The molecule has 2 heterocycles. The lowest BCUT2D eigenvalue weighted by Crippen LogP contribution is -2.07. The van der Waals surface area contributed by atoms with Crippen molar-refractivity contribution >= 4 is 12.0 Å². The fourth-order valence-corrected chi connectivity index (χ4v) is 1.98. The number of hydrogen-bond donors (Lipinski definition) is 1. The first-order valence-corrected chi connectivity index (χ1v) is 5.75. The Morgan fingerprint density at radius 3 is 2.47 bits per heavy atom. The van der Waals surface area contributed by atoms with E-state index in [0.29, 0.717) is 11.6 Å². The van der Waals surface area contributed by atoms with E-state index < -0.39 is 5.97 Å². The average Bonchev–Trinajstić information content (AvgIpc) is 2.75. The summed E-state index contributed by atoms with van der Waals surface area (Å²) in [5.41, 5.74) is 1.46. The van der Waals surface area contributed by atoms with Gasteiger partial charge in [-0.25, -0.2) is 9.78 Å². The average molecular weight is 261 g/mol. The number of carboxylic acids is 1. The lowest BCUT2D eigenvalue weighted by atomic mass is 10.2. The largest absolute Gasteiger partial charge is 0.478 e. The monoisotopic (exact) mass is 261 g/mol. The maximum absolute atomic E-state index is 10.7. The number of rotatable bonds is 3. The predicted molar refractivity (Wildman–Crippen MR) is 69.0 cm³/mol. The normalized spacial score (nSPS) is 11.4. The van der Waals surface area contributed by atoms with Gasteiger partial charge in [-0.15, -0.1) is 5.10 Å². The summed E-state index contributed by atoms with van der Waals surface area (Å²) in [6.07, 6.45) is 2.61. The summed E-state index contributed by atoms with van der Waals surface area (Å²) in [4.78, 5) is 14.9. The Morgan fingerprint density at radius 2 is 1.95 bits per heavy atom. The fourth-order valence-electron chi connectivity index (χ4n) is 1.98. The van der Waals surface area contributed by atoms with Crippen molar-refractivity contribution in [2.45, 2.75) is 20.8 Å². The van der Waals surface area contributed by atoms with Crippen LogP contribution in [0.15, 0.2) is 6.08 Å². The second-order valence-electron chi connectivity index (χ2n) is 4.24. The van der Waals surface area contributed by atoms with E-state index in [-0.39, 0.29) is 0 Å². The molecule has 0 aliphatic rings. The van der Waals surface area contributed by atoms with E-state index in [9.17, 15) is 4.79 Å². The molecule has 19 heavy (non-hydrogen) atoms. The molecule has 0 amide bonds. The van der Waals surface area contributed by atoms with Crippen molar-refractivity contribution in [3.63, 3.8) is 0 Å². The molecule has 0 spiro atoms. The van der Waals surface area contributed by atoms with Crippen molar-refractivity contribution in [2.75, 3.05) is 0 Å². The molecule has 7 heteroatoms. The SMILES string of the molecule is Cc1nc(C)n(-c2c(/C=C/C(=O)O)c(C)nn2C)n1. The van der Waals surface area contributed by atoms with E-state index in [0.717, 1.165) is 23.2 Å². The third kappa shape index (κ3) is 2.40. The van der Waals surface area contributed by atoms with Gasteiger partial charge in [-0.1, -0.05) is 0 Å². The maximum atomic E-state index is 10.7. The van der Waals surface area contributed by atoms with E-state index in [1.807, 2.05) is 13.8 Å². The highest BCUT2D eigenvalue weighted by atomic mass is 16.4. The molecule has 0 aliphatic heterocycles. The topological polar surface area (TPSA) is 85.8 Å². The highest BCUT2D eigenvalue weighted by Gasteiger charge is 2.16. The zero-order valence-corrected chi connectivity index (χ0v) is 11.2. The lowest BCUT2D eigenvalue weighted by molar-refractivity contribution is -0.131. The summed E-state index contributed by atoms with van der Waals surface area (Å²) < 4.78 is 3.33. The highest BCUT2D eigenvalue weighted by molar-refractivity contribution is 5.86. The summed E-state index contributed by atoms with van der Waals surface area (Å²) in [6, 6.07) is 0. The van der Waals surface area contributed by atoms with Crippen LogP contribution >= 0.6 is 0 Å². The second kappa shape index (κ2) is 4.68. The molecule has 0 saturated carbocycles. The van der Waals surface area contributed by atoms with Crippen molar-refractivity contribution in [1.82, 2.24) is 24.5 Å². The van der Waals surface area contributed by atoms with Crippen LogP contribution in [0.1, 0.15) is 22.9 Å². The highest BCUT2D eigenvalue weighted by Crippen LogP contribution is 2.20. The Hall–Kier alpha value is -2.44. The lowest BCUT2D eigenvalue weighted by Gasteiger charge is -2.04. The number of nitrogens with zero attached hydrogens (tertiary/aromatic N) is 5. The van der Waals surface area contributed by atoms with Crippen LogP contribution in [0.25, 0.3) is 11.9 Å². The molecule has 2 aromatic heterocycles. The van der Waals surface area contributed by atoms with Gasteiger partial charge in [-0.05, 0) is 26.8 Å². The Balaban J connectivity index is 2.63. The maximum Gasteiger partial charge on any atom is 0.328 e. The molecule has 0 unspecified atom stereocenters. The molecule has 7 nitrogen and oxygen atoms in total. The second-order valence-corrected chi connectivity index (χ2v) is 4.24. The van der Waals surface area contributed by atoms with Crippen molar-refractivity contribution in [3.05, 3.63) is 29.0 Å². The van der Waals surface area contributed by atoms with Crippen molar-refractivity contribution < 1.29 is 9.90 Å². The Kier molecular flexibility index (Phi) is 3.20. The number of carboxylic acid groups (broad SMARTS) is 1. The first-order valence-electron chi connectivity index (χ1n) is 5.75.